The number of carbonyl (C=O) groups excluding carboxylic acids is 2. The molecule has 2 amide bonds. The molecule has 0 aromatic heterocycles. The zero-order valence-electron chi connectivity index (χ0n) is 19.7. The maximum atomic E-state index is 15.2. The number of cyclic esters (lactones) is 1. The van der Waals surface area contributed by atoms with Crippen LogP contribution in [0.5, 0.6) is 5.75 Å². The van der Waals surface area contributed by atoms with Crippen molar-refractivity contribution in [2.75, 3.05) is 13.2 Å². The highest BCUT2D eigenvalue weighted by atomic mass is 19.1. The van der Waals surface area contributed by atoms with Gasteiger partial charge in [-0.05, 0) is 80.2 Å². The van der Waals surface area contributed by atoms with Gasteiger partial charge in [-0.3, -0.25) is 4.79 Å². The summed E-state index contributed by atoms with van der Waals surface area (Å²) < 4.78 is 26.2. The fraction of sp³-hybridized carbons (Fsp3) is 0.654. The first kappa shape index (κ1) is 23.1. The van der Waals surface area contributed by atoms with Crippen molar-refractivity contribution in [3.05, 3.63) is 29.1 Å². The quantitative estimate of drug-likeness (QED) is 0.626. The lowest BCUT2D eigenvalue weighted by molar-refractivity contribution is -0.140. The van der Waals surface area contributed by atoms with E-state index < -0.39 is 36.4 Å². The summed E-state index contributed by atoms with van der Waals surface area (Å²) in [7, 11) is 0. The molecule has 3 aliphatic carbocycles. The van der Waals surface area contributed by atoms with E-state index in [4.69, 9.17) is 9.47 Å². The summed E-state index contributed by atoms with van der Waals surface area (Å²) in [6, 6.07) is 1.22. The molecule has 2 unspecified atom stereocenters. The van der Waals surface area contributed by atoms with Crippen molar-refractivity contribution < 1.29 is 33.4 Å². The second kappa shape index (κ2) is 8.54. The minimum atomic E-state index is -1.46. The number of aliphatic carboxylic acids is 1. The molecule has 0 spiro atoms. The molecule has 3 atom stereocenters. The number of ether oxygens (including phenoxy) is 2. The second-order valence-electron chi connectivity index (χ2n) is 11.2. The van der Waals surface area contributed by atoms with Crippen molar-refractivity contribution in [1.82, 2.24) is 4.90 Å². The molecule has 2 bridgehead atoms. The van der Waals surface area contributed by atoms with Gasteiger partial charge in [-0.2, -0.15) is 0 Å². The van der Waals surface area contributed by atoms with Crippen molar-refractivity contribution in [3.8, 4) is 5.75 Å². The van der Waals surface area contributed by atoms with E-state index in [9.17, 15) is 19.5 Å². The zero-order valence-corrected chi connectivity index (χ0v) is 19.7. The molecule has 3 saturated carbocycles. The van der Waals surface area contributed by atoms with Gasteiger partial charge < -0.3 is 14.6 Å². The molecular formula is C26H32FNO6. The Morgan fingerprint density at radius 2 is 1.85 bits per heavy atom. The number of carbonyl (C=O) groups is 3. The number of rotatable bonds is 6. The summed E-state index contributed by atoms with van der Waals surface area (Å²) in [6.07, 6.45) is 6.66. The minimum Gasteiger partial charge on any atom is -0.493 e. The fourth-order valence-electron chi connectivity index (χ4n) is 6.85. The Bertz CT molecular complexity index is 1000. The van der Waals surface area contributed by atoms with Crippen LogP contribution in [-0.4, -0.2) is 47.2 Å². The standard InChI is InChI=1S/C26H32FNO6/c1-14-5-16-6-15(2)10-26(9-14,11-16)13-34-22-8-20(27)19(7-18(22)17-3-4-17)23(29)28-21(24(30)31)12-33-25(28)32/h7-8,14-17,21H,3-6,9-13H2,1-2H3,(H,30,31)/t14?,15?,16?,21-,26?/m0/s1. The molecule has 1 heterocycles. The number of carboxylic acids is 1. The predicted molar refractivity (Wildman–Crippen MR) is 120 cm³/mol. The van der Waals surface area contributed by atoms with Crippen LogP contribution in [0.2, 0.25) is 0 Å². The van der Waals surface area contributed by atoms with E-state index >= 15 is 4.39 Å². The molecule has 5 rings (SSSR count). The largest absolute Gasteiger partial charge is 0.493 e. The van der Waals surface area contributed by atoms with E-state index in [1.54, 1.807) is 0 Å². The Kier molecular flexibility index (Phi) is 5.81. The number of amides is 2. The molecule has 4 fully saturated rings. The van der Waals surface area contributed by atoms with Crippen molar-refractivity contribution in [2.24, 2.45) is 23.2 Å². The van der Waals surface area contributed by atoms with Crippen molar-refractivity contribution in [3.63, 3.8) is 0 Å². The number of hydrogen-bond donors (Lipinski definition) is 1. The van der Waals surface area contributed by atoms with Crippen molar-refractivity contribution >= 4 is 18.0 Å². The smallest absolute Gasteiger partial charge is 0.417 e. The lowest BCUT2D eigenvalue weighted by Crippen LogP contribution is -2.44. The van der Waals surface area contributed by atoms with Crippen LogP contribution in [0, 0.1) is 29.0 Å². The molecule has 1 N–H and O–H groups in total. The van der Waals surface area contributed by atoms with Gasteiger partial charge in [0.05, 0.1) is 12.2 Å². The van der Waals surface area contributed by atoms with Gasteiger partial charge in [-0.1, -0.05) is 13.8 Å². The molecule has 7 nitrogen and oxygen atoms in total. The van der Waals surface area contributed by atoms with E-state index in [1.807, 2.05) is 0 Å². The van der Waals surface area contributed by atoms with E-state index in [2.05, 4.69) is 13.8 Å². The van der Waals surface area contributed by atoms with Crippen LogP contribution >= 0.6 is 0 Å². The summed E-state index contributed by atoms with van der Waals surface area (Å²) in [6.45, 7) is 4.70. The van der Waals surface area contributed by atoms with E-state index in [0.29, 0.717) is 29.1 Å². The molecular weight excluding hydrogens is 441 g/mol. The van der Waals surface area contributed by atoms with Gasteiger partial charge in [0.25, 0.3) is 5.91 Å². The zero-order chi connectivity index (χ0) is 24.2. The first-order valence-electron chi connectivity index (χ1n) is 12.3. The Hall–Kier alpha value is -2.64. The highest BCUT2D eigenvalue weighted by Gasteiger charge is 2.46. The highest BCUT2D eigenvalue weighted by Crippen LogP contribution is 2.53. The fourth-order valence-corrected chi connectivity index (χ4v) is 6.85. The molecule has 1 aliphatic heterocycles. The van der Waals surface area contributed by atoms with Gasteiger partial charge in [-0.25, -0.2) is 18.9 Å². The highest BCUT2D eigenvalue weighted by molar-refractivity contribution is 6.06. The summed E-state index contributed by atoms with van der Waals surface area (Å²) in [5.41, 5.74) is 0.528. The van der Waals surface area contributed by atoms with Crippen LogP contribution in [0.1, 0.15) is 80.6 Å². The third-order valence-electron chi connectivity index (χ3n) is 8.01. The maximum Gasteiger partial charge on any atom is 0.417 e. The van der Waals surface area contributed by atoms with Crippen LogP contribution in [0.4, 0.5) is 9.18 Å². The van der Waals surface area contributed by atoms with Crippen LogP contribution < -0.4 is 4.74 Å². The third-order valence-corrected chi connectivity index (χ3v) is 8.01. The number of benzene rings is 1. The molecule has 8 heteroatoms. The molecule has 0 radical (unpaired) electrons. The molecule has 34 heavy (non-hydrogen) atoms. The second-order valence-corrected chi connectivity index (χ2v) is 11.2. The number of carboxylic acid groups (broad SMARTS) is 1. The number of nitrogens with zero attached hydrogens (tertiary/aromatic N) is 1. The summed E-state index contributed by atoms with van der Waals surface area (Å²) in [4.78, 5) is 37.0. The van der Waals surface area contributed by atoms with Crippen LogP contribution in [0.3, 0.4) is 0 Å². The normalized spacial score (nSPS) is 32.9. The van der Waals surface area contributed by atoms with Gasteiger partial charge in [0.1, 0.15) is 18.2 Å². The SMILES string of the molecule is CC1CC2CC(C)CC(COc3cc(F)c(C(=O)N4C(=O)OC[C@H]4C(=O)O)cc3C3CC3)(C1)C2. The van der Waals surface area contributed by atoms with E-state index in [1.165, 1.54) is 25.0 Å². The summed E-state index contributed by atoms with van der Waals surface area (Å²) >= 11 is 0. The van der Waals surface area contributed by atoms with E-state index in [-0.39, 0.29) is 16.9 Å². The molecule has 1 saturated heterocycles. The Labute approximate surface area is 198 Å². The Morgan fingerprint density at radius 1 is 1.18 bits per heavy atom. The first-order valence-corrected chi connectivity index (χ1v) is 12.3. The van der Waals surface area contributed by atoms with Gasteiger partial charge in [0.2, 0.25) is 0 Å². The van der Waals surface area contributed by atoms with Crippen molar-refractivity contribution in [2.45, 2.75) is 70.8 Å². The minimum absolute atomic E-state index is 0.0970. The van der Waals surface area contributed by atoms with E-state index in [0.717, 1.165) is 43.6 Å². The number of halogens is 1. The molecule has 4 aliphatic rings. The number of fused-ring (bicyclic) bond motifs is 2. The number of hydrogen-bond acceptors (Lipinski definition) is 5. The average Bonchev–Trinajstić information content (AvgIpc) is 3.51. The lowest BCUT2D eigenvalue weighted by Gasteiger charge is -2.49. The Balaban J connectivity index is 1.40. The van der Waals surface area contributed by atoms with Gasteiger partial charge in [-0.15, -0.1) is 0 Å². The molecule has 1 aromatic rings. The topological polar surface area (TPSA) is 93.1 Å². The van der Waals surface area contributed by atoms with Gasteiger partial charge in [0, 0.05) is 11.5 Å². The average molecular weight is 474 g/mol. The van der Waals surface area contributed by atoms with Crippen LogP contribution in [0.25, 0.3) is 0 Å². The number of imide groups is 1. The molecule has 184 valence electrons. The van der Waals surface area contributed by atoms with Gasteiger partial charge in [0.15, 0.2) is 6.04 Å². The summed E-state index contributed by atoms with van der Waals surface area (Å²) in [5, 5.41) is 9.33. The summed E-state index contributed by atoms with van der Waals surface area (Å²) in [5.74, 6) is -0.543. The van der Waals surface area contributed by atoms with Gasteiger partial charge >= 0.3 is 12.1 Å². The predicted octanol–water partition coefficient (Wildman–Crippen LogP) is 4.98. The van der Waals surface area contributed by atoms with Crippen molar-refractivity contribution in [1.29, 1.82) is 0 Å². The lowest BCUT2D eigenvalue weighted by atomic mass is 9.57. The Morgan fingerprint density at radius 3 is 2.47 bits per heavy atom. The third kappa shape index (κ3) is 4.27. The maximum absolute atomic E-state index is 15.2. The monoisotopic (exact) mass is 473 g/mol. The molecule has 1 aromatic carbocycles. The van der Waals surface area contributed by atoms with Crippen LogP contribution in [-0.2, 0) is 9.53 Å². The first-order chi connectivity index (χ1) is 16.2. The van der Waals surface area contributed by atoms with Crippen LogP contribution in [0.15, 0.2) is 12.1 Å².